The number of hydrogen-bond donors (Lipinski definition) is 2. The average molecular weight is 373 g/mol. The van der Waals surface area contributed by atoms with Crippen LogP contribution in [0.2, 0.25) is 0 Å². The molecule has 0 aliphatic carbocycles. The molecule has 3 aromatic carbocycles. The second-order valence-electron chi connectivity index (χ2n) is 6.41. The third-order valence-electron chi connectivity index (χ3n) is 4.37. The maximum atomic E-state index is 12.3. The smallest absolute Gasteiger partial charge is 0.255 e. The number of hydrogen-bond acceptors (Lipinski definition) is 3. The molecule has 0 saturated heterocycles. The van der Waals surface area contributed by atoms with Gasteiger partial charge in [-0.25, -0.2) is 0 Å². The molecule has 0 spiro atoms. The molecule has 28 heavy (non-hydrogen) atoms. The number of benzene rings is 3. The monoisotopic (exact) mass is 373 g/mol. The van der Waals surface area contributed by atoms with Crippen molar-refractivity contribution >= 4 is 23.2 Å². The molecule has 0 atom stereocenters. The van der Waals surface area contributed by atoms with E-state index in [1.54, 1.807) is 36.4 Å². The lowest BCUT2D eigenvalue weighted by atomic mass is 10.1. The molecule has 2 N–H and O–H groups in total. The Kier molecular flexibility index (Phi) is 6.41. The first-order valence-electron chi connectivity index (χ1n) is 9.14. The predicted molar refractivity (Wildman–Crippen MR) is 113 cm³/mol. The molecular weight excluding hydrogens is 350 g/mol. The molecule has 5 heteroatoms. The Bertz CT molecular complexity index is 910. The van der Waals surface area contributed by atoms with E-state index in [-0.39, 0.29) is 11.8 Å². The first-order chi connectivity index (χ1) is 13.6. The molecule has 0 unspecified atom stereocenters. The minimum absolute atomic E-state index is 0.137. The number of carbonyl (C=O) groups excluding carboxylic acids is 2. The van der Waals surface area contributed by atoms with Crippen molar-refractivity contribution in [1.29, 1.82) is 0 Å². The van der Waals surface area contributed by atoms with Crippen LogP contribution in [0.4, 0.5) is 11.4 Å². The van der Waals surface area contributed by atoms with E-state index in [9.17, 15) is 9.59 Å². The fourth-order valence-corrected chi connectivity index (χ4v) is 2.75. The highest BCUT2D eigenvalue weighted by Gasteiger charge is 2.08. The Morgan fingerprint density at radius 2 is 1.32 bits per heavy atom. The van der Waals surface area contributed by atoms with Crippen molar-refractivity contribution in [3.05, 3.63) is 96.1 Å². The van der Waals surface area contributed by atoms with E-state index in [4.69, 9.17) is 0 Å². The molecular formula is C23H23N3O2. The lowest BCUT2D eigenvalue weighted by Crippen LogP contribution is -2.32. The summed E-state index contributed by atoms with van der Waals surface area (Å²) in [7, 11) is 1.99. The number of anilines is 2. The Balaban J connectivity index is 1.49. The Morgan fingerprint density at radius 3 is 1.96 bits per heavy atom. The molecule has 2 amide bonds. The lowest BCUT2D eigenvalue weighted by molar-refractivity contribution is 0.0954. The number of amides is 2. The largest absolute Gasteiger partial charge is 0.373 e. The number of nitrogens with one attached hydrogen (secondary N) is 2. The topological polar surface area (TPSA) is 61.4 Å². The summed E-state index contributed by atoms with van der Waals surface area (Å²) in [5.74, 6) is -0.316. The first kappa shape index (κ1) is 19.2. The van der Waals surface area contributed by atoms with Gasteiger partial charge in [-0.3, -0.25) is 9.59 Å². The van der Waals surface area contributed by atoms with Crippen LogP contribution in [0.1, 0.15) is 20.7 Å². The normalized spacial score (nSPS) is 10.2. The van der Waals surface area contributed by atoms with Gasteiger partial charge in [0, 0.05) is 42.6 Å². The summed E-state index contributed by atoms with van der Waals surface area (Å²) in [6.45, 7) is 1.25. The highest BCUT2D eigenvalue weighted by Crippen LogP contribution is 2.12. The van der Waals surface area contributed by atoms with Gasteiger partial charge in [-0.05, 0) is 48.5 Å². The molecule has 0 heterocycles. The van der Waals surface area contributed by atoms with Gasteiger partial charge >= 0.3 is 0 Å². The molecule has 3 aromatic rings. The van der Waals surface area contributed by atoms with E-state index in [1.807, 2.05) is 55.6 Å². The number of para-hydroxylation sites is 1. The van der Waals surface area contributed by atoms with Crippen LogP contribution in [0.5, 0.6) is 0 Å². The zero-order valence-electron chi connectivity index (χ0n) is 15.8. The van der Waals surface area contributed by atoms with Crippen LogP contribution in [0, 0.1) is 0 Å². The summed E-state index contributed by atoms with van der Waals surface area (Å²) in [6.07, 6.45) is 0. The van der Waals surface area contributed by atoms with E-state index in [0.717, 1.165) is 5.69 Å². The molecule has 3 rings (SSSR count). The van der Waals surface area contributed by atoms with Gasteiger partial charge in [0.05, 0.1) is 0 Å². The van der Waals surface area contributed by atoms with E-state index >= 15 is 0 Å². The molecule has 0 fully saturated rings. The summed E-state index contributed by atoms with van der Waals surface area (Å²) >= 11 is 0. The lowest BCUT2D eigenvalue weighted by Gasteiger charge is -2.19. The summed E-state index contributed by atoms with van der Waals surface area (Å²) < 4.78 is 0. The molecule has 0 aliphatic rings. The van der Waals surface area contributed by atoms with E-state index in [0.29, 0.717) is 29.9 Å². The van der Waals surface area contributed by atoms with Gasteiger partial charge in [-0.2, -0.15) is 0 Å². The molecule has 0 saturated carbocycles. The quantitative estimate of drug-likeness (QED) is 0.662. The van der Waals surface area contributed by atoms with Gasteiger partial charge < -0.3 is 15.5 Å². The Labute approximate surface area is 165 Å². The predicted octanol–water partition coefficient (Wildman–Crippen LogP) is 3.81. The second-order valence-corrected chi connectivity index (χ2v) is 6.41. The first-order valence-corrected chi connectivity index (χ1v) is 9.14. The molecule has 0 radical (unpaired) electrons. The van der Waals surface area contributed by atoms with Crippen LogP contribution in [-0.2, 0) is 0 Å². The summed E-state index contributed by atoms with van der Waals surface area (Å²) in [6, 6.07) is 25.9. The average Bonchev–Trinajstić information content (AvgIpc) is 2.75. The number of nitrogens with zero attached hydrogens (tertiary/aromatic N) is 1. The molecule has 142 valence electrons. The van der Waals surface area contributed by atoms with Crippen LogP contribution in [-0.4, -0.2) is 32.0 Å². The van der Waals surface area contributed by atoms with Gasteiger partial charge in [0.2, 0.25) is 0 Å². The Morgan fingerprint density at radius 1 is 0.750 bits per heavy atom. The van der Waals surface area contributed by atoms with E-state index in [1.165, 1.54) is 0 Å². The van der Waals surface area contributed by atoms with Gasteiger partial charge in [0.15, 0.2) is 0 Å². The number of likely N-dealkylation sites (N-methyl/N-ethyl adjacent to an activating group) is 1. The second kappa shape index (κ2) is 9.37. The SMILES string of the molecule is CN(CCNC(=O)c1ccc(NC(=O)c2ccccc2)cc1)c1ccccc1. The van der Waals surface area contributed by atoms with Crippen LogP contribution < -0.4 is 15.5 Å². The third-order valence-corrected chi connectivity index (χ3v) is 4.37. The van der Waals surface area contributed by atoms with Gasteiger partial charge in [0.25, 0.3) is 11.8 Å². The van der Waals surface area contributed by atoms with Crippen molar-refractivity contribution < 1.29 is 9.59 Å². The molecule has 5 nitrogen and oxygen atoms in total. The number of rotatable bonds is 7. The van der Waals surface area contributed by atoms with Crippen molar-refractivity contribution in [1.82, 2.24) is 5.32 Å². The van der Waals surface area contributed by atoms with E-state index < -0.39 is 0 Å². The third kappa shape index (κ3) is 5.20. The van der Waals surface area contributed by atoms with Gasteiger partial charge in [-0.15, -0.1) is 0 Å². The van der Waals surface area contributed by atoms with Crippen LogP contribution in [0.3, 0.4) is 0 Å². The molecule has 0 aromatic heterocycles. The summed E-state index contributed by atoms with van der Waals surface area (Å²) in [5, 5.41) is 5.74. The minimum atomic E-state index is -0.179. The van der Waals surface area contributed by atoms with Crippen LogP contribution in [0.15, 0.2) is 84.9 Å². The van der Waals surface area contributed by atoms with Crippen LogP contribution in [0.25, 0.3) is 0 Å². The summed E-state index contributed by atoms with van der Waals surface area (Å²) in [5.41, 5.74) is 2.90. The molecule has 0 bridgehead atoms. The van der Waals surface area contributed by atoms with Crippen LogP contribution >= 0.6 is 0 Å². The Hall–Kier alpha value is -3.60. The minimum Gasteiger partial charge on any atom is -0.373 e. The van der Waals surface area contributed by atoms with E-state index in [2.05, 4.69) is 15.5 Å². The fourth-order valence-electron chi connectivity index (χ4n) is 2.75. The summed E-state index contributed by atoms with van der Waals surface area (Å²) in [4.78, 5) is 26.5. The maximum Gasteiger partial charge on any atom is 0.255 e. The van der Waals surface area contributed by atoms with Gasteiger partial charge in [-0.1, -0.05) is 36.4 Å². The standard InChI is InChI=1S/C23H23N3O2/c1-26(21-10-6-3-7-11-21)17-16-24-22(27)19-12-14-20(15-13-19)25-23(28)18-8-4-2-5-9-18/h2-15H,16-17H2,1H3,(H,24,27)(H,25,28). The maximum absolute atomic E-state index is 12.3. The van der Waals surface area contributed by atoms with Crippen molar-refractivity contribution in [2.75, 3.05) is 30.4 Å². The highest BCUT2D eigenvalue weighted by atomic mass is 16.2. The van der Waals surface area contributed by atoms with Crippen molar-refractivity contribution in [2.24, 2.45) is 0 Å². The van der Waals surface area contributed by atoms with Gasteiger partial charge in [0.1, 0.15) is 0 Å². The zero-order chi connectivity index (χ0) is 19.8. The van der Waals surface area contributed by atoms with Crippen molar-refractivity contribution in [2.45, 2.75) is 0 Å². The van der Waals surface area contributed by atoms with Crippen molar-refractivity contribution in [3.8, 4) is 0 Å². The van der Waals surface area contributed by atoms with Crippen molar-refractivity contribution in [3.63, 3.8) is 0 Å². The zero-order valence-corrected chi connectivity index (χ0v) is 15.8. The number of carbonyl (C=O) groups is 2. The fraction of sp³-hybridized carbons (Fsp3) is 0.130. The highest BCUT2D eigenvalue weighted by molar-refractivity contribution is 6.04. The molecule has 0 aliphatic heterocycles.